The monoisotopic (exact) mass is 301 g/mol. The standard InChI is InChI=1S/C8H4BrClF3NO/c9-5-2-6(14)3(7(10)15)1-4(5)8(11,12)13/h1-2H,14H2. The fourth-order valence-electron chi connectivity index (χ4n) is 0.976. The van der Waals surface area contributed by atoms with Crippen LogP contribution in [0.5, 0.6) is 0 Å². The molecule has 0 saturated carbocycles. The van der Waals surface area contributed by atoms with Gasteiger partial charge in [0.25, 0.3) is 5.24 Å². The minimum Gasteiger partial charge on any atom is -0.398 e. The Balaban J connectivity index is 3.43. The molecular weight excluding hydrogens is 298 g/mol. The van der Waals surface area contributed by atoms with Crippen molar-refractivity contribution in [2.75, 3.05) is 5.73 Å². The van der Waals surface area contributed by atoms with Gasteiger partial charge in [-0.2, -0.15) is 13.2 Å². The summed E-state index contributed by atoms with van der Waals surface area (Å²) in [5.41, 5.74) is 3.89. The topological polar surface area (TPSA) is 43.1 Å². The fourth-order valence-corrected chi connectivity index (χ4v) is 1.73. The van der Waals surface area contributed by atoms with E-state index >= 15 is 0 Å². The zero-order valence-corrected chi connectivity index (χ0v) is 9.37. The van der Waals surface area contributed by atoms with Gasteiger partial charge in [-0.25, -0.2) is 0 Å². The van der Waals surface area contributed by atoms with E-state index < -0.39 is 17.0 Å². The molecule has 7 heteroatoms. The second-order valence-corrected chi connectivity index (χ2v) is 3.89. The lowest BCUT2D eigenvalue weighted by Gasteiger charge is -2.11. The number of alkyl halides is 3. The van der Waals surface area contributed by atoms with Crippen LogP contribution in [-0.4, -0.2) is 5.24 Å². The van der Waals surface area contributed by atoms with E-state index in [0.717, 1.165) is 6.07 Å². The second-order valence-electron chi connectivity index (χ2n) is 2.69. The van der Waals surface area contributed by atoms with Crippen LogP contribution in [0.3, 0.4) is 0 Å². The Morgan fingerprint density at radius 3 is 2.33 bits per heavy atom. The lowest BCUT2D eigenvalue weighted by molar-refractivity contribution is -0.138. The summed E-state index contributed by atoms with van der Waals surface area (Å²) in [6.45, 7) is 0. The zero-order valence-electron chi connectivity index (χ0n) is 7.03. The molecule has 82 valence electrons. The van der Waals surface area contributed by atoms with Crippen molar-refractivity contribution in [3.63, 3.8) is 0 Å². The quantitative estimate of drug-likeness (QED) is 0.638. The van der Waals surface area contributed by atoms with Gasteiger partial charge in [0.05, 0.1) is 11.1 Å². The molecule has 0 aromatic heterocycles. The Labute approximate surface area is 96.3 Å². The first kappa shape index (κ1) is 12.3. The Morgan fingerprint density at radius 1 is 1.40 bits per heavy atom. The maximum Gasteiger partial charge on any atom is 0.417 e. The van der Waals surface area contributed by atoms with Crippen LogP contribution in [0.4, 0.5) is 18.9 Å². The van der Waals surface area contributed by atoms with Gasteiger partial charge < -0.3 is 5.73 Å². The van der Waals surface area contributed by atoms with E-state index in [9.17, 15) is 18.0 Å². The van der Waals surface area contributed by atoms with Crippen LogP contribution in [0.2, 0.25) is 0 Å². The van der Waals surface area contributed by atoms with Gasteiger partial charge in [-0.1, -0.05) is 15.9 Å². The minimum absolute atomic E-state index is 0.102. The van der Waals surface area contributed by atoms with Crippen molar-refractivity contribution in [3.8, 4) is 0 Å². The van der Waals surface area contributed by atoms with Crippen molar-refractivity contribution in [1.82, 2.24) is 0 Å². The van der Waals surface area contributed by atoms with Gasteiger partial charge in [0.2, 0.25) is 0 Å². The maximum atomic E-state index is 12.4. The summed E-state index contributed by atoms with van der Waals surface area (Å²) in [6.07, 6.45) is -4.56. The van der Waals surface area contributed by atoms with E-state index in [0.29, 0.717) is 6.07 Å². The van der Waals surface area contributed by atoms with Crippen molar-refractivity contribution in [2.24, 2.45) is 0 Å². The number of carbonyl (C=O) groups excluding carboxylic acids is 1. The fraction of sp³-hybridized carbons (Fsp3) is 0.125. The second kappa shape index (κ2) is 4.02. The molecule has 0 spiro atoms. The van der Waals surface area contributed by atoms with E-state index in [2.05, 4.69) is 15.9 Å². The summed E-state index contributed by atoms with van der Waals surface area (Å²) in [5.74, 6) is 0. The average Bonchev–Trinajstić information content (AvgIpc) is 2.00. The molecule has 0 radical (unpaired) electrons. The van der Waals surface area contributed by atoms with E-state index in [1.807, 2.05) is 0 Å². The molecule has 0 amide bonds. The first-order valence-electron chi connectivity index (χ1n) is 3.59. The molecule has 1 aromatic carbocycles. The summed E-state index contributed by atoms with van der Waals surface area (Å²) in [6, 6.07) is 1.62. The normalized spacial score (nSPS) is 11.5. The number of rotatable bonds is 1. The predicted octanol–water partition coefficient (Wildman–Crippen LogP) is 3.43. The molecule has 2 N–H and O–H groups in total. The number of nitrogen functional groups attached to an aromatic ring is 1. The third kappa shape index (κ3) is 2.63. The van der Waals surface area contributed by atoms with Crippen LogP contribution in [0.25, 0.3) is 0 Å². The Bertz CT molecular complexity index is 419. The van der Waals surface area contributed by atoms with Gasteiger partial charge in [0.15, 0.2) is 0 Å². The molecular formula is C8H4BrClF3NO. The smallest absolute Gasteiger partial charge is 0.398 e. The highest BCUT2D eigenvalue weighted by atomic mass is 79.9. The van der Waals surface area contributed by atoms with Crippen molar-refractivity contribution in [3.05, 3.63) is 27.7 Å². The SMILES string of the molecule is Nc1cc(Br)c(C(F)(F)F)cc1C(=O)Cl. The highest BCUT2D eigenvalue weighted by Gasteiger charge is 2.34. The summed E-state index contributed by atoms with van der Waals surface area (Å²) >= 11 is 7.79. The third-order valence-corrected chi connectivity index (χ3v) is 2.52. The minimum atomic E-state index is -4.56. The van der Waals surface area contributed by atoms with Gasteiger partial charge in [-0.05, 0) is 23.7 Å². The number of anilines is 1. The first-order valence-corrected chi connectivity index (χ1v) is 4.76. The van der Waals surface area contributed by atoms with Crippen LogP contribution < -0.4 is 5.73 Å². The van der Waals surface area contributed by atoms with E-state index in [1.54, 1.807) is 0 Å². The molecule has 0 fully saturated rings. The average molecular weight is 302 g/mol. The summed E-state index contributed by atoms with van der Waals surface area (Å²) in [7, 11) is 0. The van der Waals surface area contributed by atoms with Crippen LogP contribution in [0, 0.1) is 0 Å². The lowest BCUT2D eigenvalue weighted by atomic mass is 10.1. The molecule has 0 unspecified atom stereocenters. The molecule has 15 heavy (non-hydrogen) atoms. The number of hydrogen-bond acceptors (Lipinski definition) is 2. The van der Waals surface area contributed by atoms with Gasteiger partial charge in [0, 0.05) is 10.2 Å². The third-order valence-electron chi connectivity index (χ3n) is 1.66. The Morgan fingerprint density at radius 2 is 1.93 bits per heavy atom. The van der Waals surface area contributed by atoms with Crippen LogP contribution in [0.1, 0.15) is 15.9 Å². The van der Waals surface area contributed by atoms with Gasteiger partial charge in [-0.3, -0.25) is 4.79 Å². The molecule has 1 rings (SSSR count). The van der Waals surface area contributed by atoms with Crippen LogP contribution in [-0.2, 0) is 6.18 Å². The molecule has 0 aliphatic rings. The Kier molecular flexibility index (Phi) is 3.30. The zero-order chi connectivity index (χ0) is 11.8. The largest absolute Gasteiger partial charge is 0.417 e. The summed E-state index contributed by atoms with van der Waals surface area (Å²) in [4.78, 5) is 10.8. The highest BCUT2D eigenvalue weighted by molar-refractivity contribution is 9.10. The van der Waals surface area contributed by atoms with E-state index in [4.69, 9.17) is 17.3 Å². The molecule has 0 aliphatic carbocycles. The van der Waals surface area contributed by atoms with Crippen LogP contribution >= 0.6 is 27.5 Å². The number of halogens is 5. The highest BCUT2D eigenvalue weighted by Crippen LogP contribution is 2.37. The number of carbonyl (C=O) groups is 1. The van der Waals surface area contributed by atoms with E-state index in [1.165, 1.54) is 0 Å². The predicted molar refractivity (Wildman–Crippen MR) is 53.7 cm³/mol. The summed E-state index contributed by atoms with van der Waals surface area (Å²) < 4.78 is 37.0. The molecule has 0 saturated heterocycles. The van der Waals surface area contributed by atoms with Crippen molar-refractivity contribution < 1.29 is 18.0 Å². The van der Waals surface area contributed by atoms with Gasteiger partial charge >= 0.3 is 6.18 Å². The Hall–Kier alpha value is -0.750. The van der Waals surface area contributed by atoms with Crippen molar-refractivity contribution in [2.45, 2.75) is 6.18 Å². The van der Waals surface area contributed by atoms with E-state index in [-0.39, 0.29) is 15.7 Å². The molecule has 1 aromatic rings. The van der Waals surface area contributed by atoms with Crippen molar-refractivity contribution >= 4 is 38.5 Å². The lowest BCUT2D eigenvalue weighted by Crippen LogP contribution is -2.09. The molecule has 0 atom stereocenters. The first-order chi connectivity index (χ1) is 6.73. The number of benzene rings is 1. The number of nitrogens with two attached hydrogens (primary N) is 1. The summed E-state index contributed by atoms with van der Waals surface area (Å²) in [5, 5.41) is -1.02. The molecule has 0 heterocycles. The molecule has 2 nitrogen and oxygen atoms in total. The van der Waals surface area contributed by atoms with Gasteiger partial charge in [0.1, 0.15) is 0 Å². The van der Waals surface area contributed by atoms with Gasteiger partial charge in [-0.15, -0.1) is 0 Å². The molecule has 0 bridgehead atoms. The molecule has 0 aliphatic heterocycles. The van der Waals surface area contributed by atoms with Crippen LogP contribution in [0.15, 0.2) is 16.6 Å². The number of hydrogen-bond donors (Lipinski definition) is 1. The van der Waals surface area contributed by atoms with Crippen molar-refractivity contribution in [1.29, 1.82) is 0 Å². The maximum absolute atomic E-state index is 12.4.